The first-order chi connectivity index (χ1) is 5.78. The fourth-order valence-electron chi connectivity index (χ4n) is 1.39. The maximum absolute atomic E-state index is 5.71. The summed E-state index contributed by atoms with van der Waals surface area (Å²) in [5, 5.41) is 0. The van der Waals surface area contributed by atoms with Gasteiger partial charge in [-0.3, -0.25) is 0 Å². The van der Waals surface area contributed by atoms with Crippen LogP contribution >= 0.6 is 22.6 Å². The summed E-state index contributed by atoms with van der Waals surface area (Å²) >= 11 is 2.27. The van der Waals surface area contributed by atoms with Gasteiger partial charge in [-0.05, 0) is 35.4 Å². The monoisotopic (exact) mass is 275 g/mol. The molecule has 0 unspecified atom stereocenters. The molecule has 1 fully saturated rings. The van der Waals surface area contributed by atoms with Crippen molar-refractivity contribution in [2.75, 3.05) is 6.54 Å². The number of nitrogens with zero attached hydrogens (tertiary/aromatic N) is 2. The average molecular weight is 275 g/mol. The van der Waals surface area contributed by atoms with E-state index < -0.39 is 0 Å². The topological polar surface area (TPSA) is 51.8 Å². The van der Waals surface area contributed by atoms with Crippen molar-refractivity contribution < 1.29 is 0 Å². The van der Waals surface area contributed by atoms with Crippen LogP contribution in [-0.4, -0.2) is 16.5 Å². The third-order valence-electron chi connectivity index (χ3n) is 2.41. The fraction of sp³-hybridized carbons (Fsp3) is 0.500. The predicted molar refractivity (Wildman–Crippen MR) is 54.7 cm³/mol. The molecule has 0 atom stereocenters. The average Bonchev–Trinajstić information content (AvgIpc) is 2.86. The van der Waals surface area contributed by atoms with Crippen molar-refractivity contribution in [1.29, 1.82) is 0 Å². The van der Waals surface area contributed by atoms with Crippen LogP contribution in [-0.2, 0) is 5.41 Å². The number of hydrogen-bond donors (Lipinski definition) is 1. The van der Waals surface area contributed by atoms with Crippen LogP contribution in [0.5, 0.6) is 0 Å². The SMILES string of the molecule is NCC1(c2ncncc2I)CC1. The second-order valence-corrected chi connectivity index (χ2v) is 4.37. The lowest BCUT2D eigenvalue weighted by Gasteiger charge is -2.11. The second-order valence-electron chi connectivity index (χ2n) is 3.20. The van der Waals surface area contributed by atoms with E-state index in [4.69, 9.17) is 5.73 Å². The first-order valence-electron chi connectivity index (χ1n) is 3.94. The van der Waals surface area contributed by atoms with E-state index >= 15 is 0 Å². The normalized spacial score (nSPS) is 19.2. The Morgan fingerprint density at radius 1 is 1.58 bits per heavy atom. The van der Waals surface area contributed by atoms with Crippen molar-refractivity contribution in [3.63, 3.8) is 0 Å². The molecule has 64 valence electrons. The van der Waals surface area contributed by atoms with Gasteiger partial charge in [0.05, 0.1) is 9.26 Å². The molecule has 4 heteroatoms. The van der Waals surface area contributed by atoms with Gasteiger partial charge in [0.15, 0.2) is 0 Å². The highest BCUT2D eigenvalue weighted by atomic mass is 127. The minimum Gasteiger partial charge on any atom is -0.330 e. The molecule has 0 bridgehead atoms. The third kappa shape index (κ3) is 1.22. The van der Waals surface area contributed by atoms with E-state index in [2.05, 4.69) is 32.6 Å². The van der Waals surface area contributed by atoms with Crippen molar-refractivity contribution in [3.05, 3.63) is 21.8 Å². The lowest BCUT2D eigenvalue weighted by molar-refractivity contribution is 0.669. The molecule has 0 aromatic carbocycles. The second kappa shape index (κ2) is 2.92. The number of halogens is 1. The molecule has 2 N–H and O–H groups in total. The molecular formula is C8H10IN3. The summed E-state index contributed by atoms with van der Waals surface area (Å²) in [6.45, 7) is 0.708. The summed E-state index contributed by atoms with van der Waals surface area (Å²) in [6.07, 6.45) is 5.80. The Labute approximate surface area is 84.9 Å². The molecule has 0 saturated heterocycles. The Morgan fingerprint density at radius 3 is 2.83 bits per heavy atom. The Balaban J connectivity index is 2.40. The first kappa shape index (κ1) is 8.37. The zero-order valence-corrected chi connectivity index (χ0v) is 8.78. The van der Waals surface area contributed by atoms with Gasteiger partial charge in [0.25, 0.3) is 0 Å². The van der Waals surface area contributed by atoms with E-state index in [0.717, 1.165) is 9.26 Å². The minimum atomic E-state index is 0.194. The molecule has 0 radical (unpaired) electrons. The molecule has 1 aromatic rings. The summed E-state index contributed by atoms with van der Waals surface area (Å²) in [7, 11) is 0. The van der Waals surface area contributed by atoms with Gasteiger partial charge in [0, 0.05) is 18.2 Å². The number of hydrogen-bond acceptors (Lipinski definition) is 3. The van der Waals surface area contributed by atoms with Gasteiger partial charge in [-0.25, -0.2) is 9.97 Å². The highest BCUT2D eigenvalue weighted by Gasteiger charge is 2.45. The Bertz CT molecular complexity index is 296. The van der Waals surface area contributed by atoms with Crippen LogP contribution in [0, 0.1) is 3.57 Å². The third-order valence-corrected chi connectivity index (χ3v) is 3.20. The molecule has 2 rings (SSSR count). The van der Waals surface area contributed by atoms with Gasteiger partial charge in [0.2, 0.25) is 0 Å². The van der Waals surface area contributed by atoms with E-state index in [9.17, 15) is 0 Å². The van der Waals surface area contributed by atoms with Crippen LogP contribution in [0.2, 0.25) is 0 Å². The maximum atomic E-state index is 5.71. The van der Waals surface area contributed by atoms with Gasteiger partial charge in [-0.2, -0.15) is 0 Å². The van der Waals surface area contributed by atoms with Crippen LogP contribution in [0.15, 0.2) is 12.5 Å². The summed E-state index contributed by atoms with van der Waals surface area (Å²) < 4.78 is 1.14. The Morgan fingerprint density at radius 2 is 2.33 bits per heavy atom. The highest BCUT2D eigenvalue weighted by Crippen LogP contribution is 2.47. The lowest BCUT2D eigenvalue weighted by atomic mass is 10.0. The molecule has 1 aliphatic rings. The van der Waals surface area contributed by atoms with Crippen LogP contribution in [0.1, 0.15) is 18.5 Å². The van der Waals surface area contributed by atoms with Crippen LogP contribution in [0.3, 0.4) is 0 Å². The summed E-state index contributed by atoms with van der Waals surface area (Å²) in [6, 6.07) is 0. The quantitative estimate of drug-likeness (QED) is 0.821. The van der Waals surface area contributed by atoms with E-state index in [0.29, 0.717) is 6.54 Å². The summed E-state index contributed by atoms with van der Waals surface area (Å²) in [5.74, 6) is 0. The zero-order valence-electron chi connectivity index (χ0n) is 6.63. The van der Waals surface area contributed by atoms with Crippen molar-refractivity contribution in [3.8, 4) is 0 Å². The van der Waals surface area contributed by atoms with Gasteiger partial charge in [0.1, 0.15) is 6.33 Å². The van der Waals surface area contributed by atoms with Crippen molar-refractivity contribution >= 4 is 22.6 Å². The van der Waals surface area contributed by atoms with Crippen molar-refractivity contribution in [2.24, 2.45) is 5.73 Å². The molecule has 0 aliphatic heterocycles. The zero-order chi connectivity index (χ0) is 8.60. The molecule has 0 amide bonds. The Kier molecular flexibility index (Phi) is 2.04. The molecule has 3 nitrogen and oxygen atoms in total. The smallest absolute Gasteiger partial charge is 0.115 e. The van der Waals surface area contributed by atoms with E-state index in [-0.39, 0.29) is 5.41 Å². The molecule has 1 heterocycles. The largest absolute Gasteiger partial charge is 0.330 e. The van der Waals surface area contributed by atoms with Gasteiger partial charge < -0.3 is 5.73 Å². The Hall–Kier alpha value is -0.230. The fourth-order valence-corrected chi connectivity index (χ4v) is 2.26. The number of rotatable bonds is 2. The van der Waals surface area contributed by atoms with Gasteiger partial charge >= 0.3 is 0 Å². The van der Waals surface area contributed by atoms with Crippen LogP contribution in [0.25, 0.3) is 0 Å². The van der Waals surface area contributed by atoms with E-state index in [1.54, 1.807) is 6.33 Å². The predicted octanol–water partition coefficient (Wildman–Crippen LogP) is 1.07. The minimum absolute atomic E-state index is 0.194. The standard InChI is InChI=1S/C8H10IN3/c9-6-3-11-5-12-7(6)8(4-10)1-2-8/h3,5H,1-2,4,10H2. The molecule has 1 saturated carbocycles. The molecular weight excluding hydrogens is 265 g/mol. The maximum Gasteiger partial charge on any atom is 0.115 e. The van der Waals surface area contributed by atoms with Crippen LogP contribution in [0.4, 0.5) is 0 Å². The van der Waals surface area contributed by atoms with Crippen molar-refractivity contribution in [1.82, 2.24) is 9.97 Å². The molecule has 0 spiro atoms. The first-order valence-corrected chi connectivity index (χ1v) is 5.02. The number of aromatic nitrogens is 2. The van der Waals surface area contributed by atoms with Gasteiger partial charge in [-0.15, -0.1) is 0 Å². The number of nitrogens with two attached hydrogens (primary N) is 1. The highest BCUT2D eigenvalue weighted by molar-refractivity contribution is 14.1. The molecule has 1 aliphatic carbocycles. The van der Waals surface area contributed by atoms with Gasteiger partial charge in [-0.1, -0.05) is 0 Å². The van der Waals surface area contributed by atoms with E-state index in [1.165, 1.54) is 12.8 Å². The summed E-state index contributed by atoms with van der Waals surface area (Å²) in [5.41, 5.74) is 7.04. The molecule has 12 heavy (non-hydrogen) atoms. The van der Waals surface area contributed by atoms with Crippen LogP contribution < -0.4 is 5.73 Å². The molecule has 1 aromatic heterocycles. The van der Waals surface area contributed by atoms with Crippen molar-refractivity contribution in [2.45, 2.75) is 18.3 Å². The summed E-state index contributed by atoms with van der Waals surface area (Å²) in [4.78, 5) is 8.25. The lowest BCUT2D eigenvalue weighted by Crippen LogP contribution is -2.22. The van der Waals surface area contributed by atoms with E-state index in [1.807, 2.05) is 6.20 Å².